The van der Waals surface area contributed by atoms with Gasteiger partial charge < -0.3 is 15.4 Å². The van der Waals surface area contributed by atoms with Gasteiger partial charge >= 0.3 is 12.1 Å². The molecule has 1 saturated heterocycles. The maximum absolute atomic E-state index is 12.8. The normalized spacial score (nSPS) is 27.8. The van der Waals surface area contributed by atoms with Crippen molar-refractivity contribution in [2.45, 2.75) is 30.3 Å². The lowest BCUT2D eigenvalue weighted by Gasteiger charge is -2.30. The largest absolute Gasteiger partial charge is 0.497 e. The van der Waals surface area contributed by atoms with Crippen LogP contribution in [0.3, 0.4) is 0 Å². The van der Waals surface area contributed by atoms with Gasteiger partial charge in [0.05, 0.1) is 13.3 Å². The summed E-state index contributed by atoms with van der Waals surface area (Å²) >= 11 is 0. The Morgan fingerprint density at radius 1 is 1.04 bits per heavy atom. The molecule has 4 atom stereocenters. The minimum atomic E-state index is -0.504. The van der Waals surface area contributed by atoms with Crippen LogP contribution >= 0.6 is 0 Å². The number of urea groups is 2. The summed E-state index contributed by atoms with van der Waals surface area (Å²) in [5, 5.41) is 11.1. The van der Waals surface area contributed by atoms with Crippen LogP contribution in [0.5, 0.6) is 5.75 Å². The summed E-state index contributed by atoms with van der Waals surface area (Å²) in [5.74, 6) is 1.06. The molecule has 2 aliphatic carbocycles. The van der Waals surface area contributed by atoms with E-state index in [0.717, 1.165) is 22.7 Å². The van der Waals surface area contributed by atoms with Gasteiger partial charge in [-0.05, 0) is 47.4 Å². The van der Waals surface area contributed by atoms with E-state index in [1.54, 1.807) is 19.2 Å². The summed E-state index contributed by atoms with van der Waals surface area (Å²) in [7, 11) is 1.59. The second kappa shape index (κ2) is 6.37. The van der Waals surface area contributed by atoms with Crippen LogP contribution < -0.4 is 15.4 Å². The number of imide groups is 1. The number of nitrogens with one attached hydrogen (secondary N) is 2. The van der Waals surface area contributed by atoms with Gasteiger partial charge in [0, 0.05) is 23.9 Å². The van der Waals surface area contributed by atoms with Crippen LogP contribution in [0.4, 0.5) is 9.59 Å². The number of hydrogen-bond donors (Lipinski definition) is 2. The van der Waals surface area contributed by atoms with Gasteiger partial charge in [-0.15, -0.1) is 5.01 Å². The van der Waals surface area contributed by atoms with Crippen LogP contribution in [-0.2, 0) is 0 Å². The molecule has 2 aromatic rings. The number of carbonyl (C=O) groups excluding carboxylic acids is 2. The molecule has 4 amide bonds. The predicted molar refractivity (Wildman–Crippen MR) is 104 cm³/mol. The number of hydrazone groups is 1. The summed E-state index contributed by atoms with van der Waals surface area (Å²) in [6, 6.07) is 14.4. The van der Waals surface area contributed by atoms with Crippen molar-refractivity contribution >= 4 is 18.3 Å². The number of benzene rings is 2. The number of methoxy groups -OCH3 is 1. The van der Waals surface area contributed by atoms with Gasteiger partial charge in [-0.2, -0.15) is 5.10 Å². The Morgan fingerprint density at radius 2 is 1.75 bits per heavy atom. The Kier molecular flexibility index (Phi) is 3.82. The zero-order valence-corrected chi connectivity index (χ0v) is 15.3. The molecule has 28 heavy (non-hydrogen) atoms. The predicted octanol–water partition coefficient (Wildman–Crippen LogP) is 2.79. The Labute approximate surface area is 162 Å². The van der Waals surface area contributed by atoms with Crippen molar-refractivity contribution in [3.63, 3.8) is 0 Å². The maximum Gasteiger partial charge on any atom is 0.346 e. The summed E-state index contributed by atoms with van der Waals surface area (Å²) in [6.07, 6.45) is 2.32. The summed E-state index contributed by atoms with van der Waals surface area (Å²) in [6.45, 7) is 0. The standard InChI is InChI=1S/C21H20N4O3/c1-28-13-8-6-12(7-9-13)11-22-25-20(26)23-17-10-16-14-4-2-3-5-15(14)18(17)19(16)24-21(25)27/h2-9,11,16-19H,10H2,1H3,(H,23,26)(H,24,27)/b22-11+. The molecule has 0 radical (unpaired) electrons. The first-order chi connectivity index (χ1) is 13.7. The maximum atomic E-state index is 12.8. The highest BCUT2D eigenvalue weighted by atomic mass is 16.5. The zero-order chi connectivity index (χ0) is 19.3. The van der Waals surface area contributed by atoms with Crippen molar-refractivity contribution in [1.82, 2.24) is 15.6 Å². The third-order valence-corrected chi connectivity index (χ3v) is 5.94. The van der Waals surface area contributed by atoms with Crippen molar-refractivity contribution < 1.29 is 14.3 Å². The monoisotopic (exact) mass is 376 g/mol. The van der Waals surface area contributed by atoms with Crippen molar-refractivity contribution in [2.75, 3.05) is 7.11 Å². The van der Waals surface area contributed by atoms with Gasteiger partial charge in [-0.25, -0.2) is 9.59 Å². The van der Waals surface area contributed by atoms with E-state index in [-0.39, 0.29) is 23.9 Å². The van der Waals surface area contributed by atoms with Crippen molar-refractivity contribution in [1.29, 1.82) is 0 Å². The van der Waals surface area contributed by atoms with Gasteiger partial charge in [0.15, 0.2) is 0 Å². The molecular formula is C21H20N4O3. The number of hydrogen-bond acceptors (Lipinski definition) is 4. The first-order valence-electron chi connectivity index (χ1n) is 9.33. The van der Waals surface area contributed by atoms with E-state index >= 15 is 0 Å². The summed E-state index contributed by atoms with van der Waals surface area (Å²) in [5.41, 5.74) is 3.27. The molecule has 4 bridgehead atoms. The van der Waals surface area contributed by atoms with E-state index in [9.17, 15) is 9.59 Å². The first-order valence-corrected chi connectivity index (χ1v) is 9.33. The van der Waals surface area contributed by atoms with Crippen molar-refractivity contribution in [2.24, 2.45) is 5.10 Å². The molecule has 1 aliphatic heterocycles. The molecule has 0 aromatic heterocycles. The Morgan fingerprint density at radius 3 is 2.50 bits per heavy atom. The number of rotatable bonds is 3. The lowest BCUT2D eigenvalue weighted by atomic mass is 9.88. The van der Waals surface area contributed by atoms with E-state index < -0.39 is 12.1 Å². The highest BCUT2D eigenvalue weighted by Crippen LogP contribution is 2.53. The van der Waals surface area contributed by atoms with Gasteiger partial charge in [0.2, 0.25) is 0 Å². The van der Waals surface area contributed by atoms with Gasteiger partial charge in [-0.1, -0.05) is 24.3 Å². The highest BCUT2D eigenvalue weighted by Gasteiger charge is 2.54. The van der Waals surface area contributed by atoms with Gasteiger partial charge in [0.1, 0.15) is 5.75 Å². The van der Waals surface area contributed by atoms with Crippen LogP contribution in [0, 0.1) is 0 Å². The number of fused-ring (bicyclic) bond motifs is 2. The Bertz CT molecular complexity index is 972. The fourth-order valence-corrected chi connectivity index (χ4v) is 4.72. The zero-order valence-electron chi connectivity index (χ0n) is 15.3. The van der Waals surface area contributed by atoms with Crippen LogP contribution in [0.25, 0.3) is 0 Å². The molecule has 142 valence electrons. The molecule has 0 spiro atoms. The number of nitrogens with zero attached hydrogens (tertiary/aromatic N) is 2. The summed E-state index contributed by atoms with van der Waals surface area (Å²) < 4.78 is 5.13. The topological polar surface area (TPSA) is 83.0 Å². The van der Waals surface area contributed by atoms with E-state index in [2.05, 4.69) is 27.9 Å². The SMILES string of the molecule is COc1ccc(/C=N/N2C(=O)NC3CC4c5ccccc5C3C4NC2=O)cc1. The Hall–Kier alpha value is -3.35. The minimum Gasteiger partial charge on any atom is -0.497 e. The average Bonchev–Trinajstić information content (AvgIpc) is 3.20. The second-order valence-corrected chi connectivity index (χ2v) is 7.36. The van der Waals surface area contributed by atoms with E-state index in [1.165, 1.54) is 17.3 Å². The minimum absolute atomic E-state index is 0.00307. The van der Waals surface area contributed by atoms with Crippen LogP contribution in [0.2, 0.25) is 0 Å². The molecule has 1 heterocycles. The molecule has 5 rings (SSSR count). The third-order valence-electron chi connectivity index (χ3n) is 5.94. The van der Waals surface area contributed by atoms with Crippen LogP contribution in [0.1, 0.15) is 34.9 Å². The fourth-order valence-electron chi connectivity index (χ4n) is 4.72. The number of amides is 4. The quantitative estimate of drug-likeness (QED) is 0.808. The van der Waals surface area contributed by atoms with Crippen LogP contribution in [-0.4, -0.2) is 42.5 Å². The lowest BCUT2D eigenvalue weighted by molar-refractivity contribution is 0.177. The fraction of sp³-hybridized carbons (Fsp3) is 0.286. The molecule has 2 aromatic carbocycles. The Balaban J connectivity index is 1.39. The van der Waals surface area contributed by atoms with E-state index in [0.29, 0.717) is 0 Å². The molecule has 1 saturated carbocycles. The van der Waals surface area contributed by atoms with Crippen LogP contribution in [0.15, 0.2) is 53.6 Å². The average molecular weight is 376 g/mol. The number of carbonyl (C=O) groups is 2. The molecule has 4 unspecified atom stereocenters. The van der Waals surface area contributed by atoms with Gasteiger partial charge in [0.25, 0.3) is 0 Å². The number of ether oxygens (including phenoxy) is 1. The molecule has 7 nitrogen and oxygen atoms in total. The summed E-state index contributed by atoms with van der Waals surface area (Å²) in [4.78, 5) is 25.5. The van der Waals surface area contributed by atoms with Crippen molar-refractivity contribution in [3.8, 4) is 5.75 Å². The molecule has 7 heteroatoms. The third kappa shape index (κ3) is 2.54. The smallest absolute Gasteiger partial charge is 0.346 e. The van der Waals surface area contributed by atoms with E-state index in [1.807, 2.05) is 24.3 Å². The molecular weight excluding hydrogens is 356 g/mol. The first kappa shape index (κ1) is 16.8. The van der Waals surface area contributed by atoms with Crippen molar-refractivity contribution in [3.05, 3.63) is 65.2 Å². The molecule has 2 fully saturated rings. The highest BCUT2D eigenvalue weighted by molar-refractivity contribution is 5.96. The van der Waals surface area contributed by atoms with Gasteiger partial charge in [-0.3, -0.25) is 0 Å². The lowest BCUT2D eigenvalue weighted by Crippen LogP contribution is -2.55. The van der Waals surface area contributed by atoms with E-state index in [4.69, 9.17) is 4.74 Å². The second-order valence-electron chi connectivity index (χ2n) is 7.36. The molecule has 3 aliphatic rings. The molecule has 2 N–H and O–H groups in total.